The molecular formula is C16H27NO2. The van der Waals surface area contributed by atoms with E-state index in [-0.39, 0.29) is 12.6 Å². The SMILES string of the molecule is CCCc1ccc(C(O)C(NCCO)C(C)C)cc1. The largest absolute Gasteiger partial charge is 0.395 e. The minimum absolute atomic E-state index is 0.0378. The molecule has 0 spiro atoms. The fraction of sp³-hybridized carbons (Fsp3) is 0.625. The topological polar surface area (TPSA) is 52.5 Å². The first-order valence-corrected chi connectivity index (χ1v) is 7.21. The molecule has 0 aliphatic heterocycles. The van der Waals surface area contributed by atoms with Crippen LogP contribution >= 0.6 is 0 Å². The molecule has 0 fully saturated rings. The maximum atomic E-state index is 10.5. The minimum Gasteiger partial charge on any atom is -0.395 e. The van der Waals surface area contributed by atoms with Crippen molar-refractivity contribution in [2.24, 2.45) is 5.92 Å². The maximum absolute atomic E-state index is 10.5. The van der Waals surface area contributed by atoms with Crippen LogP contribution in [0, 0.1) is 5.92 Å². The number of aryl methyl sites for hydroxylation is 1. The molecule has 0 radical (unpaired) electrons. The summed E-state index contributed by atoms with van der Waals surface area (Å²) in [6.07, 6.45) is 1.67. The van der Waals surface area contributed by atoms with E-state index in [0.717, 1.165) is 18.4 Å². The predicted molar refractivity (Wildman–Crippen MR) is 79.1 cm³/mol. The number of benzene rings is 1. The number of aliphatic hydroxyl groups is 2. The Morgan fingerprint density at radius 2 is 1.79 bits per heavy atom. The van der Waals surface area contributed by atoms with Crippen LogP contribution in [0.5, 0.6) is 0 Å². The van der Waals surface area contributed by atoms with Crippen molar-refractivity contribution >= 4 is 0 Å². The molecule has 3 N–H and O–H groups in total. The first-order valence-electron chi connectivity index (χ1n) is 7.21. The lowest BCUT2D eigenvalue weighted by molar-refractivity contribution is 0.102. The summed E-state index contributed by atoms with van der Waals surface area (Å²) in [5, 5.41) is 22.6. The van der Waals surface area contributed by atoms with Crippen molar-refractivity contribution in [3.63, 3.8) is 0 Å². The van der Waals surface area contributed by atoms with Gasteiger partial charge in [-0.1, -0.05) is 51.5 Å². The lowest BCUT2D eigenvalue weighted by atomic mass is 9.92. The molecule has 19 heavy (non-hydrogen) atoms. The van der Waals surface area contributed by atoms with Gasteiger partial charge in [0.15, 0.2) is 0 Å². The smallest absolute Gasteiger partial charge is 0.0945 e. The molecule has 0 aromatic heterocycles. The number of hydrogen-bond acceptors (Lipinski definition) is 3. The van der Waals surface area contributed by atoms with Crippen molar-refractivity contribution in [3.05, 3.63) is 35.4 Å². The van der Waals surface area contributed by atoms with Crippen LogP contribution in [0.25, 0.3) is 0 Å². The fourth-order valence-corrected chi connectivity index (χ4v) is 2.32. The second-order valence-corrected chi connectivity index (χ2v) is 5.38. The van der Waals surface area contributed by atoms with Gasteiger partial charge in [0.2, 0.25) is 0 Å². The molecule has 1 aromatic carbocycles. The van der Waals surface area contributed by atoms with Crippen LogP contribution in [-0.4, -0.2) is 29.4 Å². The van der Waals surface area contributed by atoms with Crippen LogP contribution in [0.4, 0.5) is 0 Å². The minimum atomic E-state index is -0.540. The van der Waals surface area contributed by atoms with Gasteiger partial charge in [-0.25, -0.2) is 0 Å². The zero-order chi connectivity index (χ0) is 14.3. The summed E-state index contributed by atoms with van der Waals surface area (Å²) in [6.45, 7) is 6.91. The Balaban J connectivity index is 2.74. The second-order valence-electron chi connectivity index (χ2n) is 5.38. The highest BCUT2D eigenvalue weighted by atomic mass is 16.3. The van der Waals surface area contributed by atoms with Crippen molar-refractivity contribution in [2.45, 2.75) is 45.8 Å². The fourth-order valence-electron chi connectivity index (χ4n) is 2.32. The summed E-state index contributed by atoms with van der Waals surface area (Å²) in [6, 6.07) is 8.15. The highest BCUT2D eigenvalue weighted by Gasteiger charge is 2.23. The molecule has 0 aliphatic rings. The molecule has 0 aliphatic carbocycles. The quantitative estimate of drug-likeness (QED) is 0.676. The zero-order valence-corrected chi connectivity index (χ0v) is 12.3. The van der Waals surface area contributed by atoms with E-state index in [1.807, 2.05) is 12.1 Å². The van der Waals surface area contributed by atoms with Gasteiger partial charge in [0, 0.05) is 12.6 Å². The van der Waals surface area contributed by atoms with Gasteiger partial charge >= 0.3 is 0 Å². The molecule has 0 bridgehead atoms. The summed E-state index contributed by atoms with van der Waals surface area (Å²) in [4.78, 5) is 0. The number of hydrogen-bond donors (Lipinski definition) is 3. The van der Waals surface area contributed by atoms with E-state index in [4.69, 9.17) is 5.11 Å². The average molecular weight is 265 g/mol. The van der Waals surface area contributed by atoms with Gasteiger partial charge in [0.05, 0.1) is 12.7 Å². The van der Waals surface area contributed by atoms with Crippen molar-refractivity contribution in [1.82, 2.24) is 5.32 Å². The normalized spacial score (nSPS) is 14.6. The second kappa shape index (κ2) is 8.31. The molecule has 0 saturated heterocycles. The molecule has 2 unspecified atom stereocenters. The Morgan fingerprint density at radius 3 is 2.26 bits per heavy atom. The van der Waals surface area contributed by atoms with Gasteiger partial charge in [-0.2, -0.15) is 0 Å². The first kappa shape index (κ1) is 16.2. The third-order valence-corrected chi connectivity index (χ3v) is 3.41. The summed E-state index contributed by atoms with van der Waals surface area (Å²) in [7, 11) is 0. The third kappa shape index (κ3) is 4.94. The molecule has 1 rings (SSSR count). The predicted octanol–water partition coefficient (Wildman–Crippen LogP) is 2.28. The molecule has 1 aromatic rings. The van der Waals surface area contributed by atoms with E-state index in [1.165, 1.54) is 5.56 Å². The summed E-state index contributed by atoms with van der Waals surface area (Å²) in [5.41, 5.74) is 2.24. The van der Waals surface area contributed by atoms with E-state index < -0.39 is 6.10 Å². The van der Waals surface area contributed by atoms with Crippen molar-refractivity contribution in [1.29, 1.82) is 0 Å². The van der Waals surface area contributed by atoms with E-state index in [1.54, 1.807) is 0 Å². The van der Waals surface area contributed by atoms with Crippen LogP contribution in [0.1, 0.15) is 44.4 Å². The molecule has 3 nitrogen and oxygen atoms in total. The monoisotopic (exact) mass is 265 g/mol. The zero-order valence-electron chi connectivity index (χ0n) is 12.3. The molecule has 0 amide bonds. The van der Waals surface area contributed by atoms with Gasteiger partial charge in [-0.3, -0.25) is 0 Å². The van der Waals surface area contributed by atoms with Gasteiger partial charge in [-0.05, 0) is 23.5 Å². The molecule has 0 heterocycles. The highest BCUT2D eigenvalue weighted by Crippen LogP contribution is 2.22. The van der Waals surface area contributed by atoms with Gasteiger partial charge < -0.3 is 15.5 Å². The number of aliphatic hydroxyl groups excluding tert-OH is 2. The summed E-state index contributed by atoms with van der Waals surface area (Å²) in [5.74, 6) is 0.303. The number of rotatable bonds is 8. The van der Waals surface area contributed by atoms with E-state index in [0.29, 0.717) is 12.5 Å². The van der Waals surface area contributed by atoms with Crippen LogP contribution in [0.3, 0.4) is 0 Å². The summed E-state index contributed by atoms with van der Waals surface area (Å²) < 4.78 is 0. The molecular weight excluding hydrogens is 238 g/mol. The van der Waals surface area contributed by atoms with E-state index in [9.17, 15) is 5.11 Å². The number of nitrogens with one attached hydrogen (secondary N) is 1. The molecule has 0 saturated carbocycles. The lowest BCUT2D eigenvalue weighted by Gasteiger charge is -2.27. The highest BCUT2D eigenvalue weighted by molar-refractivity contribution is 5.25. The van der Waals surface area contributed by atoms with Crippen molar-refractivity contribution in [2.75, 3.05) is 13.2 Å². The van der Waals surface area contributed by atoms with Crippen LogP contribution < -0.4 is 5.32 Å². The Hall–Kier alpha value is -0.900. The van der Waals surface area contributed by atoms with Crippen LogP contribution in [-0.2, 0) is 6.42 Å². The lowest BCUT2D eigenvalue weighted by Crippen LogP contribution is -2.40. The Kier molecular flexibility index (Phi) is 7.06. The standard InChI is InChI=1S/C16H27NO2/c1-4-5-13-6-8-14(9-7-13)16(19)15(12(2)3)17-10-11-18/h6-9,12,15-19H,4-5,10-11H2,1-3H3. The van der Waals surface area contributed by atoms with Crippen LogP contribution in [0.2, 0.25) is 0 Å². The maximum Gasteiger partial charge on any atom is 0.0945 e. The van der Waals surface area contributed by atoms with Crippen molar-refractivity contribution < 1.29 is 10.2 Å². The molecule has 108 valence electrons. The van der Waals surface area contributed by atoms with Gasteiger partial charge in [0.1, 0.15) is 0 Å². The Labute approximate surface area is 116 Å². The van der Waals surface area contributed by atoms with Gasteiger partial charge in [0.25, 0.3) is 0 Å². The summed E-state index contributed by atoms with van der Waals surface area (Å²) >= 11 is 0. The Bertz CT molecular complexity index is 348. The molecule has 2 atom stereocenters. The van der Waals surface area contributed by atoms with Crippen LogP contribution in [0.15, 0.2) is 24.3 Å². The van der Waals surface area contributed by atoms with E-state index in [2.05, 4.69) is 38.2 Å². The first-order chi connectivity index (χ1) is 9.10. The van der Waals surface area contributed by atoms with E-state index >= 15 is 0 Å². The van der Waals surface area contributed by atoms with Crippen molar-refractivity contribution in [3.8, 4) is 0 Å². The Morgan fingerprint density at radius 1 is 1.16 bits per heavy atom. The molecule has 3 heteroatoms. The van der Waals surface area contributed by atoms with Gasteiger partial charge in [-0.15, -0.1) is 0 Å². The average Bonchev–Trinajstić information content (AvgIpc) is 2.40. The third-order valence-electron chi connectivity index (χ3n) is 3.41.